The Bertz CT molecular complexity index is 598. The van der Waals surface area contributed by atoms with Crippen LogP contribution in [-0.4, -0.2) is 62.3 Å². The molecule has 0 spiro atoms. The number of ether oxygens (including phenoxy) is 1. The molecule has 1 aromatic rings. The number of carbonyl (C=O) groups is 1. The predicted molar refractivity (Wildman–Crippen MR) is 129 cm³/mol. The first-order valence-electron chi connectivity index (χ1n) is 8.85. The van der Waals surface area contributed by atoms with Crippen molar-refractivity contribution < 1.29 is 14.4 Å². The van der Waals surface area contributed by atoms with Gasteiger partial charge in [0, 0.05) is 61.1 Å². The number of alkyl halides is 4. The second-order valence-electron chi connectivity index (χ2n) is 5.74. The lowest BCUT2D eigenvalue weighted by atomic mass is 10.1. The van der Waals surface area contributed by atoms with Gasteiger partial charge in [0.1, 0.15) is 6.61 Å². The summed E-state index contributed by atoms with van der Waals surface area (Å²) in [6.07, 6.45) is 0. The lowest BCUT2D eigenvalue weighted by Gasteiger charge is -2.28. The molecule has 1 aromatic carbocycles. The number of anilines is 2. The highest BCUT2D eigenvalue weighted by Gasteiger charge is 2.13. The van der Waals surface area contributed by atoms with Crippen molar-refractivity contribution in [3.8, 4) is 0 Å². The van der Waals surface area contributed by atoms with Crippen LogP contribution in [0, 0.1) is 0 Å². The van der Waals surface area contributed by atoms with Gasteiger partial charge in [-0.1, -0.05) is 13.8 Å². The van der Waals surface area contributed by atoms with Crippen molar-refractivity contribution in [2.45, 2.75) is 6.61 Å². The Hall–Kier alpha value is -0.0600. The van der Waals surface area contributed by atoms with Gasteiger partial charge in [0.15, 0.2) is 0 Å². The Labute approximate surface area is 196 Å². The lowest BCUT2D eigenvalue weighted by molar-refractivity contribution is -0.149. The van der Waals surface area contributed by atoms with Gasteiger partial charge in [-0.25, -0.2) is 4.79 Å². The standard InChI is InChI=1S/C17H25Cl4N3O3P2/c18-1-5-23(6-2-19)15-9-14(12-26-13-17(25)27-22-29-28)10-16(11-15)24(7-3-20)8-4-21/h9-11H,1-8,12-13,28H2. The van der Waals surface area contributed by atoms with Crippen molar-refractivity contribution in [2.24, 2.45) is 4.91 Å². The van der Waals surface area contributed by atoms with Crippen LogP contribution >= 0.6 is 63.4 Å². The molecule has 0 saturated heterocycles. The summed E-state index contributed by atoms with van der Waals surface area (Å²) in [5.41, 5.74) is 2.83. The number of hydrogen-bond acceptors (Lipinski definition) is 6. The molecule has 1 atom stereocenters. The second kappa shape index (κ2) is 16.6. The Morgan fingerprint density at radius 2 is 1.41 bits per heavy atom. The SMILES string of the molecule is O=C(COCc1cc(N(CCCl)CCCl)cc(N(CCCl)CCCl)c1)ON=PP. The minimum Gasteiger partial charge on any atom is -0.369 e. The molecule has 0 saturated carbocycles. The fraction of sp³-hybridized carbons (Fsp3) is 0.588. The van der Waals surface area contributed by atoms with Crippen LogP contribution in [0.1, 0.15) is 5.56 Å². The normalized spacial score (nSPS) is 11.1. The minimum absolute atomic E-state index is 0.191. The number of carbonyl (C=O) groups excluding carboxylic acids is 1. The van der Waals surface area contributed by atoms with E-state index >= 15 is 0 Å². The second-order valence-corrected chi connectivity index (χ2v) is 8.34. The molecule has 0 N–H and O–H groups in total. The van der Waals surface area contributed by atoms with E-state index in [1.807, 2.05) is 12.1 Å². The molecule has 29 heavy (non-hydrogen) atoms. The number of nitrogens with zero attached hydrogens (tertiary/aromatic N) is 3. The summed E-state index contributed by atoms with van der Waals surface area (Å²) in [6, 6.07) is 6.06. The maximum absolute atomic E-state index is 11.6. The molecular weight excluding hydrogens is 498 g/mol. The number of hydrogen-bond donors (Lipinski definition) is 0. The smallest absolute Gasteiger partial charge is 0.360 e. The highest BCUT2D eigenvalue weighted by molar-refractivity contribution is 7.97. The zero-order valence-electron chi connectivity index (χ0n) is 15.9. The molecular formula is C17H25Cl4N3O3P2. The van der Waals surface area contributed by atoms with Gasteiger partial charge in [-0.3, -0.25) is 0 Å². The molecule has 0 radical (unpaired) electrons. The molecule has 1 unspecified atom stereocenters. The van der Waals surface area contributed by atoms with Crippen molar-refractivity contribution in [3.63, 3.8) is 0 Å². The van der Waals surface area contributed by atoms with Gasteiger partial charge in [-0.2, -0.15) is 0 Å². The van der Waals surface area contributed by atoms with Gasteiger partial charge >= 0.3 is 5.97 Å². The third kappa shape index (κ3) is 10.7. The highest BCUT2D eigenvalue weighted by Crippen LogP contribution is 2.26. The Balaban J connectivity index is 3.06. The van der Waals surface area contributed by atoms with E-state index in [-0.39, 0.29) is 13.2 Å². The van der Waals surface area contributed by atoms with E-state index in [9.17, 15) is 4.79 Å². The average Bonchev–Trinajstić information content (AvgIpc) is 2.71. The Morgan fingerprint density at radius 1 is 0.931 bits per heavy atom. The van der Waals surface area contributed by atoms with E-state index in [2.05, 4.69) is 34.5 Å². The van der Waals surface area contributed by atoms with Gasteiger partial charge < -0.3 is 19.4 Å². The monoisotopic (exact) mass is 521 g/mol. The van der Waals surface area contributed by atoms with E-state index in [0.717, 1.165) is 16.9 Å². The zero-order valence-corrected chi connectivity index (χ0v) is 21.0. The summed E-state index contributed by atoms with van der Waals surface area (Å²) < 4.78 is 5.50. The topological polar surface area (TPSA) is 54.4 Å². The minimum atomic E-state index is -0.548. The molecule has 0 aromatic heterocycles. The van der Waals surface area contributed by atoms with E-state index in [1.54, 1.807) is 0 Å². The Kier molecular flexibility index (Phi) is 15.5. The van der Waals surface area contributed by atoms with Crippen LogP contribution in [0.5, 0.6) is 0 Å². The van der Waals surface area contributed by atoms with Crippen molar-refractivity contribution >= 4 is 80.7 Å². The molecule has 1 rings (SSSR count). The molecule has 0 fully saturated rings. The van der Waals surface area contributed by atoms with E-state index in [4.69, 9.17) is 51.1 Å². The van der Waals surface area contributed by atoms with Crippen molar-refractivity contribution in [3.05, 3.63) is 23.8 Å². The van der Waals surface area contributed by atoms with Crippen LogP contribution in [0.2, 0.25) is 0 Å². The quantitative estimate of drug-likeness (QED) is 0.181. The van der Waals surface area contributed by atoms with Gasteiger partial charge in [0.2, 0.25) is 0 Å². The third-order valence-corrected chi connectivity index (χ3v) is 4.92. The summed E-state index contributed by atoms with van der Waals surface area (Å²) in [7, 11) is 2.86. The molecule has 0 aliphatic heterocycles. The van der Waals surface area contributed by atoms with Crippen LogP contribution in [0.4, 0.5) is 11.4 Å². The van der Waals surface area contributed by atoms with Crippen LogP contribution in [0.3, 0.4) is 0 Å². The summed E-state index contributed by atoms with van der Waals surface area (Å²) in [5, 5.41) is 0. The van der Waals surface area contributed by atoms with Crippen molar-refractivity contribution in [1.82, 2.24) is 0 Å². The summed E-state index contributed by atoms with van der Waals surface area (Å²) in [5.74, 6) is 1.36. The van der Waals surface area contributed by atoms with Crippen LogP contribution < -0.4 is 9.80 Å². The predicted octanol–water partition coefficient (Wildman–Crippen LogP) is 5.15. The molecule has 6 nitrogen and oxygen atoms in total. The maximum Gasteiger partial charge on any atom is 0.360 e. The summed E-state index contributed by atoms with van der Waals surface area (Å²) >= 11 is 23.9. The van der Waals surface area contributed by atoms with Gasteiger partial charge in [0.05, 0.1) is 14.7 Å². The molecule has 0 aliphatic carbocycles. The first kappa shape index (κ1) is 27.0. The summed E-state index contributed by atoms with van der Waals surface area (Å²) in [4.78, 5) is 23.9. The summed E-state index contributed by atoms with van der Waals surface area (Å²) in [6.45, 7) is 2.68. The third-order valence-electron chi connectivity index (χ3n) is 3.79. The molecule has 0 amide bonds. The van der Waals surface area contributed by atoms with Crippen LogP contribution in [0.25, 0.3) is 0 Å². The lowest BCUT2D eigenvalue weighted by Crippen LogP contribution is -2.30. The average molecular weight is 523 g/mol. The Morgan fingerprint density at radius 3 is 1.83 bits per heavy atom. The molecule has 0 aliphatic rings. The maximum atomic E-state index is 11.6. The van der Waals surface area contributed by atoms with Crippen LogP contribution in [-0.2, 0) is 21.0 Å². The van der Waals surface area contributed by atoms with Crippen LogP contribution in [0.15, 0.2) is 23.1 Å². The molecule has 0 bridgehead atoms. The number of halogens is 4. The van der Waals surface area contributed by atoms with Crippen molar-refractivity contribution in [2.75, 3.05) is 66.1 Å². The first-order valence-corrected chi connectivity index (χ1v) is 13.5. The van der Waals surface area contributed by atoms with Gasteiger partial charge in [-0.15, -0.1) is 46.4 Å². The molecule has 12 heteroatoms. The van der Waals surface area contributed by atoms with E-state index in [1.165, 1.54) is 0 Å². The van der Waals surface area contributed by atoms with Gasteiger partial charge in [0.25, 0.3) is 0 Å². The molecule has 0 heterocycles. The fourth-order valence-corrected chi connectivity index (χ4v) is 3.70. The fourth-order valence-electron chi connectivity index (χ4n) is 2.60. The largest absolute Gasteiger partial charge is 0.369 e. The number of rotatable bonds is 15. The van der Waals surface area contributed by atoms with Crippen molar-refractivity contribution in [1.29, 1.82) is 0 Å². The van der Waals surface area contributed by atoms with E-state index < -0.39 is 5.97 Å². The zero-order chi connectivity index (χ0) is 21.5. The molecule has 164 valence electrons. The first-order chi connectivity index (χ1) is 14.1. The van der Waals surface area contributed by atoms with E-state index in [0.29, 0.717) is 57.8 Å². The number of benzene rings is 1. The van der Waals surface area contributed by atoms with Gasteiger partial charge in [-0.05, 0) is 23.8 Å². The highest BCUT2D eigenvalue weighted by atomic mass is 35.5.